The van der Waals surface area contributed by atoms with Gasteiger partial charge in [-0.2, -0.15) is 0 Å². The maximum atomic E-state index is 11.8. The Labute approximate surface area is 98.1 Å². The summed E-state index contributed by atoms with van der Waals surface area (Å²) in [5.74, 6) is 0.725. The van der Waals surface area contributed by atoms with Gasteiger partial charge < -0.3 is 15.4 Å². The van der Waals surface area contributed by atoms with E-state index in [-0.39, 0.29) is 17.9 Å². The highest BCUT2D eigenvalue weighted by atomic mass is 16.5. The summed E-state index contributed by atoms with van der Waals surface area (Å²) < 4.78 is 5.32. The van der Waals surface area contributed by atoms with Gasteiger partial charge >= 0.3 is 0 Å². The van der Waals surface area contributed by atoms with E-state index >= 15 is 0 Å². The van der Waals surface area contributed by atoms with Crippen LogP contribution in [0.4, 0.5) is 0 Å². The second kappa shape index (κ2) is 6.86. The lowest BCUT2D eigenvalue weighted by atomic mass is 9.98. The molecule has 1 fully saturated rings. The second-order valence-electron chi connectivity index (χ2n) is 4.81. The number of carbonyl (C=O) groups is 1. The average Bonchev–Trinajstić information content (AvgIpc) is 2.30. The molecule has 1 saturated heterocycles. The molecule has 4 nitrogen and oxygen atoms in total. The van der Waals surface area contributed by atoms with Crippen LogP contribution in [0, 0.1) is 11.8 Å². The van der Waals surface area contributed by atoms with E-state index in [0.29, 0.717) is 12.5 Å². The average molecular weight is 228 g/mol. The molecule has 0 spiro atoms. The Morgan fingerprint density at radius 2 is 2.31 bits per heavy atom. The molecule has 2 unspecified atom stereocenters. The highest BCUT2D eigenvalue weighted by molar-refractivity contribution is 5.78. The van der Waals surface area contributed by atoms with Crippen molar-refractivity contribution in [3.63, 3.8) is 0 Å². The summed E-state index contributed by atoms with van der Waals surface area (Å²) in [5, 5.41) is 6.23. The molecular formula is C12H24N2O2. The van der Waals surface area contributed by atoms with Gasteiger partial charge in [0.05, 0.1) is 12.0 Å². The van der Waals surface area contributed by atoms with Crippen LogP contribution >= 0.6 is 0 Å². The topological polar surface area (TPSA) is 50.4 Å². The molecule has 0 aliphatic carbocycles. The number of nitrogens with one attached hydrogen (secondary N) is 2. The van der Waals surface area contributed by atoms with Gasteiger partial charge in [0.1, 0.15) is 0 Å². The molecule has 16 heavy (non-hydrogen) atoms. The van der Waals surface area contributed by atoms with Crippen LogP contribution in [-0.2, 0) is 9.53 Å². The zero-order valence-electron chi connectivity index (χ0n) is 10.6. The third-order valence-corrected chi connectivity index (χ3v) is 3.19. The molecule has 94 valence electrons. The number of methoxy groups -OCH3 is 1. The maximum Gasteiger partial charge on any atom is 0.224 e. The van der Waals surface area contributed by atoms with Gasteiger partial charge in [0.25, 0.3) is 0 Å². The van der Waals surface area contributed by atoms with Gasteiger partial charge in [0.2, 0.25) is 5.91 Å². The third-order valence-electron chi connectivity index (χ3n) is 3.19. The van der Waals surface area contributed by atoms with Crippen molar-refractivity contribution >= 4 is 5.91 Å². The van der Waals surface area contributed by atoms with Crippen molar-refractivity contribution in [2.24, 2.45) is 11.8 Å². The summed E-state index contributed by atoms with van der Waals surface area (Å²) in [6.45, 7) is 6.66. The Morgan fingerprint density at radius 1 is 1.56 bits per heavy atom. The lowest BCUT2D eigenvalue weighted by Crippen LogP contribution is -2.43. The number of amides is 1. The normalized spacial score (nSPS) is 23.1. The fourth-order valence-corrected chi connectivity index (χ4v) is 2.01. The maximum absolute atomic E-state index is 11.8. The highest BCUT2D eigenvalue weighted by Gasteiger charge is 2.22. The number of carbonyl (C=O) groups excluding carboxylic acids is 1. The summed E-state index contributed by atoms with van der Waals surface area (Å²) in [5.41, 5.74) is 0. The first-order valence-corrected chi connectivity index (χ1v) is 6.16. The van der Waals surface area contributed by atoms with Gasteiger partial charge in [-0.1, -0.05) is 13.8 Å². The molecule has 1 aliphatic heterocycles. The van der Waals surface area contributed by atoms with E-state index in [1.165, 1.54) is 0 Å². The van der Waals surface area contributed by atoms with Crippen molar-refractivity contribution < 1.29 is 9.53 Å². The van der Waals surface area contributed by atoms with E-state index in [2.05, 4.69) is 24.5 Å². The molecular weight excluding hydrogens is 204 g/mol. The molecule has 0 saturated carbocycles. The molecule has 0 radical (unpaired) electrons. The molecule has 0 aromatic carbocycles. The molecule has 0 aromatic rings. The smallest absolute Gasteiger partial charge is 0.224 e. The summed E-state index contributed by atoms with van der Waals surface area (Å²) in [6, 6.07) is 0. The Hall–Kier alpha value is -0.610. The van der Waals surface area contributed by atoms with Crippen LogP contribution < -0.4 is 10.6 Å². The molecule has 2 atom stereocenters. The summed E-state index contributed by atoms with van der Waals surface area (Å²) in [7, 11) is 1.69. The molecule has 0 bridgehead atoms. The van der Waals surface area contributed by atoms with E-state index in [1.807, 2.05) is 0 Å². The van der Waals surface area contributed by atoms with Crippen LogP contribution in [0.3, 0.4) is 0 Å². The minimum atomic E-state index is 0.112. The van der Waals surface area contributed by atoms with Crippen molar-refractivity contribution in [2.75, 3.05) is 26.7 Å². The monoisotopic (exact) mass is 228 g/mol. The van der Waals surface area contributed by atoms with Crippen LogP contribution in [0.25, 0.3) is 0 Å². The fourth-order valence-electron chi connectivity index (χ4n) is 2.01. The number of hydrogen-bond donors (Lipinski definition) is 2. The minimum absolute atomic E-state index is 0.112. The second-order valence-corrected chi connectivity index (χ2v) is 4.81. The first kappa shape index (κ1) is 13.5. The van der Waals surface area contributed by atoms with E-state index < -0.39 is 0 Å². The van der Waals surface area contributed by atoms with Crippen molar-refractivity contribution in [3.8, 4) is 0 Å². The van der Waals surface area contributed by atoms with Crippen molar-refractivity contribution in [3.05, 3.63) is 0 Å². The van der Waals surface area contributed by atoms with Crippen LogP contribution in [-0.4, -0.2) is 38.8 Å². The van der Waals surface area contributed by atoms with Gasteiger partial charge in [-0.3, -0.25) is 4.79 Å². The Kier molecular flexibility index (Phi) is 5.77. The number of rotatable bonds is 5. The standard InChI is InChI=1S/C12H24N2O2/c1-9(2)11(16-3)8-14-12(15)10-5-4-6-13-7-10/h9-11,13H,4-8H2,1-3H3,(H,14,15). The first-order valence-electron chi connectivity index (χ1n) is 6.16. The predicted molar refractivity (Wildman–Crippen MR) is 64.2 cm³/mol. The zero-order valence-corrected chi connectivity index (χ0v) is 10.6. The minimum Gasteiger partial charge on any atom is -0.379 e. The fraction of sp³-hybridized carbons (Fsp3) is 0.917. The Balaban J connectivity index is 2.27. The van der Waals surface area contributed by atoms with Crippen LogP contribution in [0.2, 0.25) is 0 Å². The van der Waals surface area contributed by atoms with Crippen LogP contribution in [0.5, 0.6) is 0 Å². The van der Waals surface area contributed by atoms with E-state index in [1.54, 1.807) is 7.11 Å². The lowest BCUT2D eigenvalue weighted by molar-refractivity contribution is -0.126. The molecule has 1 aliphatic rings. The molecule has 1 amide bonds. The SMILES string of the molecule is COC(CNC(=O)C1CCCNC1)C(C)C. The number of piperidine rings is 1. The van der Waals surface area contributed by atoms with Crippen molar-refractivity contribution in [2.45, 2.75) is 32.8 Å². The molecule has 1 rings (SSSR count). The highest BCUT2D eigenvalue weighted by Crippen LogP contribution is 2.10. The molecule has 4 heteroatoms. The summed E-state index contributed by atoms with van der Waals surface area (Å²) in [4.78, 5) is 11.8. The Morgan fingerprint density at radius 3 is 2.81 bits per heavy atom. The first-order chi connectivity index (χ1) is 7.65. The van der Waals surface area contributed by atoms with E-state index in [4.69, 9.17) is 4.74 Å². The summed E-state index contributed by atoms with van der Waals surface area (Å²) in [6.07, 6.45) is 2.20. The number of hydrogen-bond acceptors (Lipinski definition) is 3. The molecule has 1 heterocycles. The quantitative estimate of drug-likeness (QED) is 0.731. The number of ether oxygens (including phenoxy) is 1. The lowest BCUT2D eigenvalue weighted by Gasteiger charge is -2.24. The van der Waals surface area contributed by atoms with Crippen LogP contribution in [0.15, 0.2) is 0 Å². The van der Waals surface area contributed by atoms with Gasteiger partial charge in [-0.15, -0.1) is 0 Å². The van der Waals surface area contributed by atoms with Gasteiger partial charge in [0.15, 0.2) is 0 Å². The Bertz CT molecular complexity index is 213. The zero-order chi connectivity index (χ0) is 12.0. The van der Waals surface area contributed by atoms with E-state index in [0.717, 1.165) is 25.9 Å². The molecule has 2 N–H and O–H groups in total. The van der Waals surface area contributed by atoms with Gasteiger partial charge in [-0.05, 0) is 25.3 Å². The van der Waals surface area contributed by atoms with Crippen molar-refractivity contribution in [1.29, 1.82) is 0 Å². The van der Waals surface area contributed by atoms with Crippen LogP contribution in [0.1, 0.15) is 26.7 Å². The molecule has 0 aromatic heterocycles. The summed E-state index contributed by atoms with van der Waals surface area (Å²) >= 11 is 0. The van der Waals surface area contributed by atoms with Gasteiger partial charge in [-0.25, -0.2) is 0 Å². The van der Waals surface area contributed by atoms with E-state index in [9.17, 15) is 4.79 Å². The predicted octanol–water partition coefficient (Wildman–Crippen LogP) is 0.773. The van der Waals surface area contributed by atoms with Crippen molar-refractivity contribution in [1.82, 2.24) is 10.6 Å². The third kappa shape index (κ3) is 4.10. The largest absolute Gasteiger partial charge is 0.379 e. The van der Waals surface area contributed by atoms with Gasteiger partial charge in [0, 0.05) is 20.2 Å².